The number of aromatic nitrogens is 1. The van der Waals surface area contributed by atoms with Gasteiger partial charge < -0.3 is 14.6 Å². The molecule has 0 radical (unpaired) electrons. The Kier molecular flexibility index (Phi) is 10.1. The van der Waals surface area contributed by atoms with E-state index in [-0.39, 0.29) is 18.9 Å². The highest BCUT2D eigenvalue weighted by Crippen LogP contribution is 2.36. The Labute approximate surface area is 233 Å². The number of carbonyl (C=O) groups excluding carboxylic acids is 2. The monoisotopic (exact) mass is 551 g/mol. The van der Waals surface area contributed by atoms with Gasteiger partial charge in [0.1, 0.15) is 5.75 Å². The molecule has 0 aliphatic heterocycles. The number of hydrogen-bond acceptors (Lipinski definition) is 5. The third kappa shape index (κ3) is 7.39. The summed E-state index contributed by atoms with van der Waals surface area (Å²) in [5.41, 5.74) is 4.04. The molecule has 1 aromatic heterocycles. The zero-order chi connectivity index (χ0) is 28.7. The lowest BCUT2D eigenvalue weighted by molar-refractivity contribution is -0.142. The first-order valence-corrected chi connectivity index (χ1v) is 13.1. The molecule has 0 saturated carbocycles. The van der Waals surface area contributed by atoms with Crippen LogP contribution in [0, 0.1) is 6.92 Å². The molecule has 1 heterocycles. The van der Waals surface area contributed by atoms with Crippen molar-refractivity contribution in [2.45, 2.75) is 52.9 Å². The second kappa shape index (κ2) is 13.3. The lowest BCUT2D eigenvalue weighted by Gasteiger charge is -2.14. The molecule has 0 saturated heterocycles. The smallest absolute Gasteiger partial charge is 0.330 e. The van der Waals surface area contributed by atoms with Crippen LogP contribution in [0.25, 0.3) is 10.9 Å². The van der Waals surface area contributed by atoms with Crippen molar-refractivity contribution in [1.82, 2.24) is 4.57 Å². The molecule has 39 heavy (non-hydrogen) atoms. The number of carboxylic acid groups (broad SMARTS) is 1. The van der Waals surface area contributed by atoms with Gasteiger partial charge in [-0.05, 0) is 95.0 Å². The van der Waals surface area contributed by atoms with Crippen molar-refractivity contribution in [2.75, 3.05) is 13.7 Å². The lowest BCUT2D eigenvalue weighted by atomic mass is 9.93. The van der Waals surface area contributed by atoms with Gasteiger partial charge in [0.15, 0.2) is 0 Å². The summed E-state index contributed by atoms with van der Waals surface area (Å²) in [4.78, 5) is 38.3. The summed E-state index contributed by atoms with van der Waals surface area (Å²) in [6.45, 7) is 7.54. The van der Waals surface area contributed by atoms with Gasteiger partial charge in [-0.3, -0.25) is 14.2 Å². The van der Waals surface area contributed by atoms with Crippen LogP contribution in [0.5, 0.6) is 5.75 Å². The minimum atomic E-state index is -1.08. The van der Waals surface area contributed by atoms with Crippen LogP contribution in [0.3, 0.4) is 0 Å². The van der Waals surface area contributed by atoms with Crippen molar-refractivity contribution in [3.8, 4) is 5.75 Å². The normalized spacial score (nSPS) is 12.2. The van der Waals surface area contributed by atoms with Crippen molar-refractivity contribution in [1.29, 1.82) is 0 Å². The maximum atomic E-state index is 13.5. The van der Waals surface area contributed by atoms with Crippen molar-refractivity contribution < 1.29 is 29.0 Å². The topological polar surface area (TPSA) is 94.8 Å². The molecule has 0 bridgehead atoms. The summed E-state index contributed by atoms with van der Waals surface area (Å²) in [6.07, 6.45) is 5.16. The van der Waals surface area contributed by atoms with Crippen molar-refractivity contribution in [2.24, 2.45) is 0 Å². The van der Waals surface area contributed by atoms with Crippen molar-refractivity contribution >= 4 is 40.3 Å². The van der Waals surface area contributed by atoms with Gasteiger partial charge in [0.05, 0.1) is 25.2 Å². The van der Waals surface area contributed by atoms with Gasteiger partial charge in [0.2, 0.25) is 0 Å². The molecule has 1 N–H and O–H groups in total. The Balaban J connectivity index is 1.91. The first kappa shape index (κ1) is 29.7. The molecule has 1 atom stereocenters. The minimum absolute atomic E-state index is 0.0397. The summed E-state index contributed by atoms with van der Waals surface area (Å²) in [6, 6.07) is 11.7. The fourth-order valence-corrected chi connectivity index (χ4v) is 4.67. The molecule has 8 heteroatoms. The van der Waals surface area contributed by atoms with E-state index >= 15 is 0 Å². The van der Waals surface area contributed by atoms with E-state index in [4.69, 9.17) is 21.1 Å². The number of aliphatic carboxylic acids is 1. The van der Waals surface area contributed by atoms with E-state index < -0.39 is 17.9 Å². The Morgan fingerprint density at radius 2 is 1.77 bits per heavy atom. The molecule has 7 nitrogen and oxygen atoms in total. The Morgan fingerprint density at radius 3 is 2.38 bits per heavy atom. The molecule has 3 rings (SSSR count). The van der Waals surface area contributed by atoms with E-state index in [0.717, 1.165) is 18.4 Å². The number of carboxylic acids is 1. The van der Waals surface area contributed by atoms with E-state index in [9.17, 15) is 19.5 Å². The minimum Gasteiger partial charge on any atom is -0.497 e. The number of hydrogen-bond donors (Lipinski definition) is 1. The first-order valence-electron chi connectivity index (χ1n) is 12.7. The van der Waals surface area contributed by atoms with Gasteiger partial charge in [-0.15, -0.1) is 0 Å². The Hall–Kier alpha value is -3.84. The van der Waals surface area contributed by atoms with E-state index in [0.29, 0.717) is 38.5 Å². The maximum absolute atomic E-state index is 13.5. The predicted octanol–water partition coefficient (Wildman–Crippen LogP) is 7.09. The maximum Gasteiger partial charge on any atom is 0.330 e. The number of ether oxygens (including phenoxy) is 2. The summed E-state index contributed by atoms with van der Waals surface area (Å²) in [7, 11) is 1.52. The summed E-state index contributed by atoms with van der Waals surface area (Å²) >= 11 is 6.00. The number of nitrogens with zero attached hydrogens (tertiary/aromatic N) is 1. The molecule has 2 aromatic carbocycles. The van der Waals surface area contributed by atoms with Crippen LogP contribution < -0.4 is 4.74 Å². The summed E-state index contributed by atoms with van der Waals surface area (Å²) < 4.78 is 12.3. The van der Waals surface area contributed by atoms with Crippen molar-refractivity contribution in [3.63, 3.8) is 0 Å². The van der Waals surface area contributed by atoms with Crippen LogP contribution in [0.1, 0.15) is 67.6 Å². The van der Waals surface area contributed by atoms with E-state index in [1.165, 1.54) is 23.3 Å². The average molecular weight is 552 g/mol. The number of methoxy groups -OCH3 is 1. The van der Waals surface area contributed by atoms with Crippen LogP contribution in [-0.2, 0) is 14.3 Å². The van der Waals surface area contributed by atoms with Gasteiger partial charge >= 0.3 is 11.9 Å². The third-order valence-corrected chi connectivity index (χ3v) is 6.76. The SMILES string of the molecule is COc1ccc2c(c1)c(C(CCOC(=O)/C=C(\C)CCC=C(C)C)C(=O)O)c(C)n2C(=O)c1ccc(Cl)cc1. The molecule has 3 aromatic rings. The van der Waals surface area contributed by atoms with Crippen LogP contribution in [-0.4, -0.2) is 41.2 Å². The molecular weight excluding hydrogens is 518 g/mol. The molecule has 0 spiro atoms. The number of rotatable bonds is 11. The number of allylic oxidation sites excluding steroid dienone is 3. The van der Waals surface area contributed by atoms with Crippen LogP contribution in [0.2, 0.25) is 5.02 Å². The van der Waals surface area contributed by atoms with Gasteiger partial charge in [0, 0.05) is 27.7 Å². The molecule has 206 valence electrons. The summed E-state index contributed by atoms with van der Waals surface area (Å²) in [5, 5.41) is 11.3. The van der Waals surface area contributed by atoms with E-state index in [2.05, 4.69) is 6.08 Å². The number of carbonyl (C=O) groups is 3. The van der Waals surface area contributed by atoms with Crippen LogP contribution >= 0.6 is 11.6 Å². The highest BCUT2D eigenvalue weighted by Gasteiger charge is 2.30. The van der Waals surface area contributed by atoms with E-state index in [1.54, 1.807) is 49.4 Å². The van der Waals surface area contributed by atoms with E-state index in [1.807, 2.05) is 20.8 Å². The molecule has 0 amide bonds. The molecule has 1 unspecified atom stereocenters. The highest BCUT2D eigenvalue weighted by molar-refractivity contribution is 6.30. The number of fused-ring (bicyclic) bond motifs is 1. The third-order valence-electron chi connectivity index (χ3n) is 6.51. The fraction of sp³-hybridized carbons (Fsp3) is 0.323. The van der Waals surface area contributed by atoms with Gasteiger partial charge in [0.25, 0.3) is 5.91 Å². The molecular formula is C31H34ClNO6. The highest BCUT2D eigenvalue weighted by atomic mass is 35.5. The van der Waals surface area contributed by atoms with Gasteiger partial charge in [-0.1, -0.05) is 28.8 Å². The number of halogens is 1. The average Bonchev–Trinajstić information content (AvgIpc) is 3.16. The zero-order valence-electron chi connectivity index (χ0n) is 22.9. The predicted molar refractivity (Wildman–Crippen MR) is 153 cm³/mol. The molecule has 0 aliphatic carbocycles. The Bertz CT molecular complexity index is 1430. The van der Waals surface area contributed by atoms with Crippen LogP contribution in [0.15, 0.2) is 65.8 Å². The second-order valence-corrected chi connectivity index (χ2v) is 10.1. The fourth-order valence-electron chi connectivity index (χ4n) is 4.54. The largest absolute Gasteiger partial charge is 0.497 e. The second-order valence-electron chi connectivity index (χ2n) is 9.69. The van der Waals surface area contributed by atoms with Crippen LogP contribution in [0.4, 0.5) is 0 Å². The van der Waals surface area contributed by atoms with Crippen molar-refractivity contribution in [3.05, 3.63) is 87.6 Å². The first-order chi connectivity index (χ1) is 18.5. The number of esters is 1. The van der Waals surface area contributed by atoms with Gasteiger partial charge in [-0.2, -0.15) is 0 Å². The molecule has 0 fully saturated rings. The summed E-state index contributed by atoms with van der Waals surface area (Å²) in [5.74, 6) is -2.38. The lowest BCUT2D eigenvalue weighted by Crippen LogP contribution is -2.18. The zero-order valence-corrected chi connectivity index (χ0v) is 23.7. The van der Waals surface area contributed by atoms with Gasteiger partial charge in [-0.25, -0.2) is 4.79 Å². The molecule has 0 aliphatic rings. The number of benzene rings is 2. The standard InChI is InChI=1S/C31H34ClNO6/c1-19(2)7-6-8-20(3)17-28(34)39-16-15-25(31(36)37)29-21(4)33(27-14-13-24(38-5)18-26(27)29)30(35)22-9-11-23(32)12-10-22/h7,9-14,17-18,25H,6,8,15-16H2,1-5H3,(H,36,37)/b20-17+. The Morgan fingerprint density at radius 1 is 1.08 bits per heavy atom. The quantitative estimate of drug-likeness (QED) is 0.155.